The van der Waals surface area contributed by atoms with Crippen LogP contribution in [-0.2, 0) is 0 Å². The lowest BCUT2D eigenvalue weighted by Crippen LogP contribution is -2.02. The second kappa shape index (κ2) is 14.2. The van der Waals surface area contributed by atoms with Gasteiger partial charge in [-0.05, 0) is 60.7 Å². The van der Waals surface area contributed by atoms with E-state index in [1.54, 1.807) is 6.07 Å². The van der Waals surface area contributed by atoms with E-state index in [0.29, 0.717) is 28.7 Å². The van der Waals surface area contributed by atoms with Crippen LogP contribution in [0.25, 0.3) is 117 Å². The Bertz CT molecular complexity index is 3820. The second-order valence-electron chi connectivity index (χ2n) is 16.1. The number of benzene rings is 9. The Kier molecular flexibility index (Phi) is 7.99. The molecule has 13 aromatic rings. The number of aromatic nitrogens is 6. The van der Waals surface area contributed by atoms with Crippen molar-refractivity contribution in [3.05, 3.63) is 218 Å². The summed E-state index contributed by atoms with van der Waals surface area (Å²) in [5, 5.41) is 6.49. The molecule has 0 N–H and O–H groups in total. The molecule has 13 rings (SSSR count). The van der Waals surface area contributed by atoms with E-state index in [1.807, 2.05) is 78.9 Å². The molecule has 0 saturated heterocycles. The zero-order valence-electron chi connectivity index (χ0n) is 34.3. The molecule has 300 valence electrons. The predicted molar refractivity (Wildman–Crippen MR) is 259 cm³/mol. The first-order valence-corrected chi connectivity index (χ1v) is 21.4. The largest absolute Gasteiger partial charge is 0.308 e. The molecule has 0 saturated carbocycles. The topological polar surface area (TPSA) is 53.5 Å². The molecule has 4 aromatic heterocycles. The summed E-state index contributed by atoms with van der Waals surface area (Å²) in [4.78, 5) is 14.7. The molecule has 0 bridgehead atoms. The molecule has 0 atom stereocenters. The zero-order valence-corrected chi connectivity index (χ0v) is 34.3. The van der Waals surface area contributed by atoms with Crippen LogP contribution in [0.1, 0.15) is 0 Å². The Morgan fingerprint density at radius 1 is 0.312 bits per heavy atom. The molecule has 0 amide bonds. The third-order valence-corrected chi connectivity index (χ3v) is 12.5. The maximum Gasteiger partial charge on any atom is 0.164 e. The van der Waals surface area contributed by atoms with E-state index < -0.39 is 5.82 Å². The molecule has 0 unspecified atom stereocenters. The van der Waals surface area contributed by atoms with E-state index in [9.17, 15) is 0 Å². The van der Waals surface area contributed by atoms with Crippen molar-refractivity contribution in [2.24, 2.45) is 0 Å². The highest BCUT2D eigenvalue weighted by Gasteiger charge is 2.29. The first-order valence-electron chi connectivity index (χ1n) is 21.4. The van der Waals surface area contributed by atoms with E-state index in [4.69, 9.17) is 15.0 Å². The standard InChI is InChI=1S/C57H35FN6/c58-44-35-38(57-60-55(36-19-5-1-6-20-36)59-56(61-57)37-21-7-2-8-22-37)33-34-48(44)64-47-32-18-15-29-43(47)51-53-49(41-27-13-16-30-45(41)62(53)39-23-9-3-10-24-39)52-50(54(51)64)42-28-14-17-31-46(42)63(52)40-25-11-4-12-26-40/h1-35H. The number of hydrogen-bond donors (Lipinski definition) is 0. The third-order valence-electron chi connectivity index (χ3n) is 12.5. The fourth-order valence-corrected chi connectivity index (χ4v) is 9.85. The highest BCUT2D eigenvalue weighted by molar-refractivity contribution is 6.40. The predicted octanol–water partition coefficient (Wildman–Crippen LogP) is 14.3. The molecular weight excluding hydrogens is 788 g/mol. The van der Waals surface area contributed by atoms with E-state index in [0.717, 1.165) is 87.9 Å². The van der Waals surface area contributed by atoms with Gasteiger partial charge in [0.2, 0.25) is 0 Å². The van der Waals surface area contributed by atoms with Crippen LogP contribution in [0.5, 0.6) is 0 Å². The second-order valence-corrected chi connectivity index (χ2v) is 16.1. The van der Waals surface area contributed by atoms with Gasteiger partial charge in [-0.1, -0.05) is 152 Å². The fourth-order valence-electron chi connectivity index (χ4n) is 9.85. The molecule has 0 aliphatic rings. The summed E-state index contributed by atoms with van der Waals surface area (Å²) in [6.45, 7) is 0. The number of fused-ring (bicyclic) bond motifs is 12. The molecule has 0 radical (unpaired) electrons. The molecule has 0 spiro atoms. The first-order chi connectivity index (χ1) is 31.7. The van der Waals surface area contributed by atoms with E-state index in [1.165, 1.54) is 0 Å². The summed E-state index contributed by atoms with van der Waals surface area (Å²) < 4.78 is 24.6. The van der Waals surface area contributed by atoms with Gasteiger partial charge in [-0.15, -0.1) is 0 Å². The highest BCUT2D eigenvalue weighted by Crippen LogP contribution is 2.50. The molecule has 0 fully saturated rings. The molecule has 6 nitrogen and oxygen atoms in total. The van der Waals surface area contributed by atoms with Crippen LogP contribution in [0.4, 0.5) is 4.39 Å². The smallest absolute Gasteiger partial charge is 0.164 e. The van der Waals surface area contributed by atoms with Gasteiger partial charge in [0.25, 0.3) is 0 Å². The van der Waals surface area contributed by atoms with Crippen molar-refractivity contribution in [1.29, 1.82) is 0 Å². The first kappa shape index (κ1) is 36.0. The highest BCUT2D eigenvalue weighted by atomic mass is 19.1. The van der Waals surface area contributed by atoms with Crippen molar-refractivity contribution in [1.82, 2.24) is 28.7 Å². The van der Waals surface area contributed by atoms with E-state index in [-0.39, 0.29) is 0 Å². The SMILES string of the molecule is Fc1cc(-c2nc(-c3ccccc3)nc(-c3ccccc3)n2)ccc1-n1c2ccccc2c2c3c(c4ccccc4n3-c3ccccc3)c3c(c4ccccc4n3-c3ccccc3)c21. The van der Waals surface area contributed by atoms with Crippen LogP contribution in [0.15, 0.2) is 212 Å². The van der Waals surface area contributed by atoms with Gasteiger partial charge in [-0.25, -0.2) is 19.3 Å². The van der Waals surface area contributed by atoms with Gasteiger partial charge < -0.3 is 13.7 Å². The Morgan fingerprint density at radius 2 is 0.656 bits per heavy atom. The summed E-state index contributed by atoms with van der Waals surface area (Å²) in [6.07, 6.45) is 0. The molecule has 4 heterocycles. The van der Waals surface area contributed by atoms with E-state index >= 15 is 4.39 Å². The minimum atomic E-state index is -0.397. The van der Waals surface area contributed by atoms with Gasteiger partial charge in [-0.2, -0.15) is 0 Å². The Balaban J connectivity index is 1.17. The lowest BCUT2D eigenvalue weighted by molar-refractivity contribution is 0.621. The summed E-state index contributed by atoms with van der Waals surface area (Å²) >= 11 is 0. The monoisotopic (exact) mass is 822 g/mol. The minimum absolute atomic E-state index is 0.391. The van der Waals surface area contributed by atoms with Crippen LogP contribution in [-0.4, -0.2) is 28.7 Å². The number of para-hydroxylation sites is 5. The van der Waals surface area contributed by atoms with Gasteiger partial charge in [0.15, 0.2) is 17.5 Å². The number of rotatable bonds is 6. The van der Waals surface area contributed by atoms with Crippen molar-refractivity contribution >= 4 is 65.4 Å². The summed E-state index contributed by atoms with van der Waals surface area (Å²) in [5.74, 6) is 1.03. The molecule has 0 aliphatic carbocycles. The van der Waals surface area contributed by atoms with Gasteiger partial charge in [0.1, 0.15) is 5.82 Å². The van der Waals surface area contributed by atoms with Crippen LogP contribution < -0.4 is 0 Å². The van der Waals surface area contributed by atoms with Gasteiger partial charge in [0, 0.05) is 60.4 Å². The average Bonchev–Trinajstić information content (AvgIpc) is 4.01. The van der Waals surface area contributed by atoms with Crippen LogP contribution in [0, 0.1) is 5.82 Å². The number of hydrogen-bond acceptors (Lipinski definition) is 3. The minimum Gasteiger partial charge on any atom is -0.308 e. The van der Waals surface area contributed by atoms with Crippen molar-refractivity contribution in [2.45, 2.75) is 0 Å². The lowest BCUT2D eigenvalue weighted by atomic mass is 10.0. The summed E-state index contributed by atoms with van der Waals surface area (Å²) in [5.41, 5.74) is 10.9. The molecule has 0 aliphatic heterocycles. The van der Waals surface area contributed by atoms with Crippen molar-refractivity contribution in [2.75, 3.05) is 0 Å². The third kappa shape index (κ3) is 5.34. The van der Waals surface area contributed by atoms with Gasteiger partial charge in [-0.3, -0.25) is 0 Å². The summed E-state index contributed by atoms with van der Waals surface area (Å²) in [6, 6.07) is 71.9. The van der Waals surface area contributed by atoms with Gasteiger partial charge >= 0.3 is 0 Å². The maximum atomic E-state index is 17.7. The van der Waals surface area contributed by atoms with Crippen molar-refractivity contribution in [3.8, 4) is 51.2 Å². The Hall–Kier alpha value is -8.68. The fraction of sp³-hybridized carbons (Fsp3) is 0. The lowest BCUT2D eigenvalue weighted by Gasteiger charge is -2.14. The van der Waals surface area contributed by atoms with Crippen LogP contribution >= 0.6 is 0 Å². The quantitative estimate of drug-likeness (QED) is 0.168. The Morgan fingerprint density at radius 3 is 1.08 bits per heavy atom. The van der Waals surface area contributed by atoms with Crippen LogP contribution in [0.2, 0.25) is 0 Å². The zero-order chi connectivity index (χ0) is 42.3. The maximum absolute atomic E-state index is 17.7. The van der Waals surface area contributed by atoms with Crippen molar-refractivity contribution in [3.63, 3.8) is 0 Å². The number of halogens is 1. The molecule has 7 heteroatoms. The average molecular weight is 823 g/mol. The normalized spacial score (nSPS) is 11.8. The molecular formula is C57H35FN6. The van der Waals surface area contributed by atoms with E-state index in [2.05, 4.69) is 141 Å². The molecule has 64 heavy (non-hydrogen) atoms. The van der Waals surface area contributed by atoms with Crippen LogP contribution in [0.3, 0.4) is 0 Å². The Labute approximate surface area is 366 Å². The van der Waals surface area contributed by atoms with Crippen molar-refractivity contribution < 1.29 is 4.39 Å². The summed E-state index contributed by atoms with van der Waals surface area (Å²) in [7, 11) is 0. The molecule has 9 aromatic carbocycles. The number of nitrogens with zero attached hydrogens (tertiary/aromatic N) is 6. The van der Waals surface area contributed by atoms with Gasteiger partial charge in [0.05, 0.1) is 38.8 Å².